The Balaban J connectivity index is 1.03. The number of benzene rings is 15. The number of aromatic nitrogens is 5. The number of fused-ring (bicyclic) bond motifs is 10. The molecule has 0 spiro atoms. The lowest BCUT2D eigenvalue weighted by Crippen LogP contribution is -2.61. The molecule has 15 aromatic carbocycles. The van der Waals surface area contributed by atoms with Gasteiger partial charge in [-0.2, -0.15) is 0 Å². The molecule has 3 aromatic heterocycles. The number of rotatable bonds is 11. The number of hydrogen-bond acceptors (Lipinski definition) is 5. The van der Waals surface area contributed by atoms with E-state index in [0.717, 1.165) is 77.8 Å². The smallest absolute Gasteiger partial charge is 0.252 e. The van der Waals surface area contributed by atoms with Crippen molar-refractivity contribution in [3.05, 3.63) is 362 Å². The molecule has 5 heterocycles. The van der Waals surface area contributed by atoms with Crippen molar-refractivity contribution in [1.82, 2.24) is 24.1 Å². The number of nitrogens with zero attached hydrogens (tertiary/aromatic N) is 7. The second kappa shape index (κ2) is 26.7. The molecular formula is C105H84BN7. The lowest BCUT2D eigenvalue weighted by molar-refractivity contribution is 0.569. The Hall–Kier alpha value is -13.4. The fourth-order valence-electron chi connectivity index (χ4n) is 16.6. The molecule has 7 nitrogen and oxygen atoms in total. The van der Waals surface area contributed by atoms with Crippen LogP contribution in [0.15, 0.2) is 345 Å². The number of para-hydroxylation sites is 4. The summed E-state index contributed by atoms with van der Waals surface area (Å²) in [5.74, 6) is 1.09. The molecule has 0 fully saturated rings. The van der Waals surface area contributed by atoms with Gasteiger partial charge in [-0.25, -0.2) is 15.0 Å². The zero-order valence-electron chi connectivity index (χ0n) is 79.9. The van der Waals surface area contributed by atoms with Crippen LogP contribution >= 0.6 is 0 Å². The summed E-state index contributed by atoms with van der Waals surface area (Å²) in [5.41, 5.74) is 16.4. The minimum atomic E-state index is -0.857. The SMILES string of the molecule is [2H]c1c([2H])c([2H])c2c(c1[2H])c1c([2H])c([2H])c([2H])c([2H])c1n2-c1ccc2c(c1)N(c1ccc(-c3ccccc3)cc1-c1ccccc1)c1cc(-c3cc(C(C)(C)C)cc(C(C)(C)C)c3)cc3c1B2c1ccc(-n2c4c([2H])c([2H])c([2H])c([2H])c4c4c([2H])c([2H])c([2H])c([2H])c42)cc1N3c1c(-c2ccccc2)cc(C(C)(C)C)cc1-c1nc(-c2ccccc2)nc(-c2ccccc2)n1. The Kier molecular flexibility index (Phi) is 12.6. The van der Waals surface area contributed by atoms with E-state index in [1.54, 1.807) is 9.13 Å². The fourth-order valence-corrected chi connectivity index (χ4v) is 16.6. The Bertz CT molecular complexity index is 7580. The highest BCUT2D eigenvalue weighted by Gasteiger charge is 2.46. The van der Waals surface area contributed by atoms with Crippen LogP contribution in [0.3, 0.4) is 0 Å². The maximum Gasteiger partial charge on any atom is 0.252 e. The van der Waals surface area contributed by atoms with Crippen molar-refractivity contribution in [2.24, 2.45) is 0 Å². The molecule has 0 atom stereocenters. The van der Waals surface area contributed by atoms with Crippen molar-refractivity contribution >= 4 is 101 Å². The molecule has 20 rings (SSSR count). The van der Waals surface area contributed by atoms with Gasteiger partial charge in [0.05, 0.1) is 55.4 Å². The third kappa shape index (κ3) is 11.8. The van der Waals surface area contributed by atoms with Gasteiger partial charge in [0.15, 0.2) is 17.5 Å². The second-order valence-electron chi connectivity index (χ2n) is 32.4. The predicted molar refractivity (Wildman–Crippen MR) is 477 cm³/mol. The molecule has 0 unspecified atom stereocenters. The Morgan fingerprint density at radius 2 is 0.646 bits per heavy atom. The Labute approximate surface area is 684 Å². The molecule has 0 radical (unpaired) electrons. The third-order valence-electron chi connectivity index (χ3n) is 22.3. The van der Waals surface area contributed by atoms with Gasteiger partial charge < -0.3 is 18.9 Å². The first kappa shape index (κ1) is 53.4. The molecule has 2 aliphatic rings. The van der Waals surface area contributed by atoms with Crippen molar-refractivity contribution in [2.75, 3.05) is 9.80 Å². The molecule has 0 saturated carbocycles. The minimum Gasteiger partial charge on any atom is -0.311 e. The molecule has 0 aliphatic carbocycles. The molecule has 0 bridgehead atoms. The van der Waals surface area contributed by atoms with E-state index in [9.17, 15) is 19.2 Å². The van der Waals surface area contributed by atoms with Crippen molar-refractivity contribution < 1.29 is 21.9 Å². The van der Waals surface area contributed by atoms with Crippen LogP contribution in [0.4, 0.5) is 34.1 Å². The second-order valence-corrected chi connectivity index (χ2v) is 32.4. The van der Waals surface area contributed by atoms with Crippen LogP contribution in [0, 0.1) is 0 Å². The summed E-state index contributed by atoms with van der Waals surface area (Å²) in [5, 5.41) is -0.388. The molecule has 0 amide bonds. The Morgan fingerprint density at radius 1 is 0.274 bits per heavy atom. The lowest BCUT2D eigenvalue weighted by Gasteiger charge is -2.46. The first-order valence-electron chi connectivity index (χ1n) is 46.2. The van der Waals surface area contributed by atoms with E-state index in [1.807, 2.05) is 152 Å². The third-order valence-corrected chi connectivity index (χ3v) is 22.3. The van der Waals surface area contributed by atoms with Crippen molar-refractivity contribution in [3.8, 4) is 90.0 Å². The molecule has 8 heteroatoms. The van der Waals surface area contributed by atoms with E-state index in [-0.39, 0.29) is 55.0 Å². The number of anilines is 6. The van der Waals surface area contributed by atoms with Crippen LogP contribution < -0.4 is 26.2 Å². The van der Waals surface area contributed by atoms with Gasteiger partial charge in [0, 0.05) is 83.5 Å². The Morgan fingerprint density at radius 3 is 1.10 bits per heavy atom. The van der Waals surface area contributed by atoms with Gasteiger partial charge in [-0.3, -0.25) is 0 Å². The van der Waals surface area contributed by atoms with Crippen LogP contribution in [0.5, 0.6) is 0 Å². The van der Waals surface area contributed by atoms with Crippen molar-refractivity contribution in [1.29, 1.82) is 0 Å². The van der Waals surface area contributed by atoms with Crippen molar-refractivity contribution in [2.45, 2.75) is 78.6 Å². The highest BCUT2D eigenvalue weighted by atomic mass is 15.2. The maximum absolute atomic E-state index is 10.0. The zero-order valence-corrected chi connectivity index (χ0v) is 63.9. The maximum atomic E-state index is 10.0. The first-order valence-corrected chi connectivity index (χ1v) is 38.2. The summed E-state index contributed by atoms with van der Waals surface area (Å²) in [6, 6.07) is 75.3. The molecule has 0 N–H and O–H groups in total. The molecule has 542 valence electrons. The number of hydrogen-bond donors (Lipinski definition) is 0. The van der Waals surface area contributed by atoms with Crippen LogP contribution in [-0.2, 0) is 16.2 Å². The van der Waals surface area contributed by atoms with Gasteiger partial charge >= 0.3 is 0 Å². The van der Waals surface area contributed by atoms with Crippen LogP contribution in [0.1, 0.15) is 101 Å². The van der Waals surface area contributed by atoms with E-state index in [1.165, 1.54) is 0 Å². The van der Waals surface area contributed by atoms with E-state index < -0.39 is 120 Å². The van der Waals surface area contributed by atoms with E-state index >= 15 is 0 Å². The van der Waals surface area contributed by atoms with Gasteiger partial charge in [0.2, 0.25) is 0 Å². The predicted octanol–water partition coefficient (Wildman–Crippen LogP) is 25.7. The lowest BCUT2D eigenvalue weighted by atomic mass is 9.33. The van der Waals surface area contributed by atoms with E-state index in [0.29, 0.717) is 68.1 Å². The van der Waals surface area contributed by atoms with Gasteiger partial charge in [0.25, 0.3) is 6.71 Å². The summed E-state index contributed by atoms with van der Waals surface area (Å²) in [7, 11) is 0. The van der Waals surface area contributed by atoms with Crippen molar-refractivity contribution in [3.63, 3.8) is 0 Å². The van der Waals surface area contributed by atoms with Gasteiger partial charge in [-0.15, -0.1) is 0 Å². The normalized spacial score (nSPS) is 14.8. The molecule has 113 heavy (non-hydrogen) atoms. The average Bonchev–Trinajstić information content (AvgIpc) is 1.66. The zero-order chi connectivity index (χ0) is 90.5. The minimum absolute atomic E-state index is 0.0701. The summed E-state index contributed by atoms with van der Waals surface area (Å²) in [4.78, 5) is 21.2. The molecular weight excluding hydrogens is 1370 g/mol. The summed E-state index contributed by atoms with van der Waals surface area (Å²) >= 11 is 0. The van der Waals surface area contributed by atoms with Gasteiger partial charge in [-0.05, 0) is 168 Å². The van der Waals surface area contributed by atoms with Crippen LogP contribution in [0.2, 0.25) is 0 Å². The van der Waals surface area contributed by atoms with E-state index in [2.05, 4.69) is 169 Å². The van der Waals surface area contributed by atoms with E-state index in [4.69, 9.17) is 17.7 Å². The molecule has 0 saturated heterocycles. The van der Waals surface area contributed by atoms with Crippen LogP contribution in [-0.4, -0.2) is 30.8 Å². The molecule has 2 aliphatic heterocycles. The summed E-state index contributed by atoms with van der Waals surface area (Å²) in [6.07, 6.45) is 0. The highest BCUT2D eigenvalue weighted by Crippen LogP contribution is 2.55. The quantitative estimate of drug-likeness (QED) is 0.121. The van der Waals surface area contributed by atoms with Crippen LogP contribution in [0.25, 0.3) is 134 Å². The summed E-state index contributed by atoms with van der Waals surface area (Å²) < 4.78 is 156. The highest BCUT2D eigenvalue weighted by molar-refractivity contribution is 7.00. The fraction of sp³-hybridized carbons (Fsp3) is 0.114. The first-order chi connectivity index (χ1) is 61.6. The summed E-state index contributed by atoms with van der Waals surface area (Å²) in [6.45, 7) is 18.9. The standard InChI is InChI=1S/C105H84BN7/c1-103(2,3)75-57-73(58-76(62-75)104(4,5)6)74-60-96-98-97(61-74)113(99-85(69-37-19-12-20-38-69)63-77(105(7,8)9)64-86(99)102-108-100(70-39-21-13-22-40-70)107-101(109-102)71-41-23-14-24-42-71)95-66-79(111-91-49-31-27-45-82(91)83-46-28-32-50-92(83)111)53-55-88(95)106(98)87-54-52-78(110-89-47-29-25-43-80(89)81-44-26-30-48-90(81)110)65-94(87)112(96)93-56-51-72(67-33-15-10-16-34-67)59-84(93)68-35-17-11-18-36-68/h10-66H,1-9H3/i25D,26D,27D,28D,29D,30D,31D,32D,43D,44D,45D,46D,47D,48D,49D,50D. The topological polar surface area (TPSA) is 55.0 Å². The molecule has 18 aromatic rings. The average molecular weight is 1470 g/mol. The largest absolute Gasteiger partial charge is 0.311 e. The monoisotopic (exact) mass is 1470 g/mol. The van der Waals surface area contributed by atoms with Gasteiger partial charge in [0.1, 0.15) is 0 Å². The van der Waals surface area contributed by atoms with Gasteiger partial charge in [-0.1, -0.05) is 323 Å².